The van der Waals surface area contributed by atoms with Gasteiger partial charge in [0, 0.05) is 17.0 Å². The SMILES string of the molecule is CN(CCCCC(C)(C)C(=N)N)Cc1cccc(Cl)c1. The molecule has 0 atom stereocenters. The summed E-state index contributed by atoms with van der Waals surface area (Å²) in [5.74, 6) is 0.282. The molecule has 0 radical (unpaired) electrons. The van der Waals surface area contributed by atoms with Gasteiger partial charge < -0.3 is 10.6 Å². The van der Waals surface area contributed by atoms with Gasteiger partial charge in [0.15, 0.2) is 0 Å². The Hall–Kier alpha value is -1.06. The van der Waals surface area contributed by atoms with Crippen molar-refractivity contribution in [3.63, 3.8) is 0 Å². The van der Waals surface area contributed by atoms with E-state index in [-0.39, 0.29) is 11.3 Å². The summed E-state index contributed by atoms with van der Waals surface area (Å²) >= 11 is 5.98. The highest BCUT2D eigenvalue weighted by molar-refractivity contribution is 6.30. The van der Waals surface area contributed by atoms with E-state index in [0.29, 0.717) is 0 Å². The van der Waals surface area contributed by atoms with Crippen LogP contribution in [0.3, 0.4) is 0 Å². The van der Waals surface area contributed by atoms with Crippen LogP contribution in [0.15, 0.2) is 24.3 Å². The molecule has 0 aromatic heterocycles. The minimum Gasteiger partial charge on any atom is -0.387 e. The molecule has 4 heteroatoms. The van der Waals surface area contributed by atoms with Crippen LogP contribution < -0.4 is 5.73 Å². The molecule has 1 aromatic rings. The maximum absolute atomic E-state index is 7.54. The fraction of sp³-hybridized carbons (Fsp3) is 0.562. The Morgan fingerprint density at radius 1 is 1.35 bits per heavy atom. The summed E-state index contributed by atoms with van der Waals surface area (Å²) in [5, 5.41) is 8.33. The van der Waals surface area contributed by atoms with E-state index in [0.717, 1.165) is 37.4 Å². The topological polar surface area (TPSA) is 53.1 Å². The molecular weight excluding hydrogens is 270 g/mol. The van der Waals surface area contributed by atoms with E-state index in [2.05, 4.69) is 18.0 Å². The third-order valence-electron chi connectivity index (χ3n) is 3.66. The lowest BCUT2D eigenvalue weighted by atomic mass is 9.86. The molecule has 0 spiro atoms. The number of hydrogen-bond donors (Lipinski definition) is 2. The van der Waals surface area contributed by atoms with Crippen molar-refractivity contribution in [2.45, 2.75) is 39.7 Å². The van der Waals surface area contributed by atoms with Crippen molar-refractivity contribution < 1.29 is 0 Å². The average molecular weight is 296 g/mol. The molecule has 0 fully saturated rings. The lowest BCUT2D eigenvalue weighted by Gasteiger charge is -2.23. The van der Waals surface area contributed by atoms with Crippen molar-refractivity contribution in [2.24, 2.45) is 11.1 Å². The van der Waals surface area contributed by atoms with Crippen LogP contribution in [-0.2, 0) is 6.54 Å². The molecule has 0 bridgehead atoms. The van der Waals surface area contributed by atoms with Gasteiger partial charge in [-0.05, 0) is 44.1 Å². The molecule has 0 saturated heterocycles. The first-order valence-corrected chi connectivity index (χ1v) is 7.46. The molecule has 0 aliphatic carbocycles. The fourth-order valence-electron chi connectivity index (χ4n) is 2.11. The highest BCUT2D eigenvalue weighted by Gasteiger charge is 2.20. The predicted octanol–water partition coefficient (Wildman–Crippen LogP) is 3.90. The van der Waals surface area contributed by atoms with Crippen LogP contribution in [0.5, 0.6) is 0 Å². The van der Waals surface area contributed by atoms with Crippen LogP contribution >= 0.6 is 11.6 Å². The molecule has 3 N–H and O–H groups in total. The molecular formula is C16H26ClN3. The van der Waals surface area contributed by atoms with E-state index in [1.165, 1.54) is 5.56 Å². The van der Waals surface area contributed by atoms with Crippen LogP contribution in [0.25, 0.3) is 0 Å². The fourth-order valence-corrected chi connectivity index (χ4v) is 2.32. The zero-order valence-corrected chi connectivity index (χ0v) is 13.5. The number of benzene rings is 1. The van der Waals surface area contributed by atoms with Gasteiger partial charge in [-0.25, -0.2) is 0 Å². The van der Waals surface area contributed by atoms with E-state index in [4.69, 9.17) is 22.7 Å². The Balaban J connectivity index is 2.27. The number of nitrogens with zero attached hydrogens (tertiary/aromatic N) is 1. The highest BCUT2D eigenvalue weighted by Crippen LogP contribution is 2.22. The van der Waals surface area contributed by atoms with Gasteiger partial charge in [-0.2, -0.15) is 0 Å². The lowest BCUT2D eigenvalue weighted by Crippen LogP contribution is -2.31. The molecule has 0 unspecified atom stereocenters. The number of amidine groups is 1. The molecule has 0 heterocycles. The largest absolute Gasteiger partial charge is 0.387 e. The molecule has 0 aliphatic rings. The van der Waals surface area contributed by atoms with Gasteiger partial charge in [0.25, 0.3) is 0 Å². The summed E-state index contributed by atoms with van der Waals surface area (Å²) in [6, 6.07) is 7.99. The summed E-state index contributed by atoms with van der Waals surface area (Å²) in [4.78, 5) is 2.30. The quantitative estimate of drug-likeness (QED) is 0.434. The normalized spacial score (nSPS) is 11.8. The van der Waals surface area contributed by atoms with Crippen molar-refractivity contribution in [1.82, 2.24) is 4.90 Å². The van der Waals surface area contributed by atoms with Crippen molar-refractivity contribution in [3.8, 4) is 0 Å². The Bertz CT molecular complexity index is 443. The molecule has 0 amide bonds. The number of rotatable bonds is 8. The van der Waals surface area contributed by atoms with Gasteiger partial charge in [-0.1, -0.05) is 44.0 Å². The first-order valence-electron chi connectivity index (χ1n) is 7.09. The molecule has 3 nitrogen and oxygen atoms in total. The van der Waals surface area contributed by atoms with Crippen LogP contribution in [0, 0.1) is 10.8 Å². The first-order chi connectivity index (χ1) is 9.31. The zero-order chi connectivity index (χ0) is 15.2. The smallest absolute Gasteiger partial charge is 0.0963 e. The van der Waals surface area contributed by atoms with Gasteiger partial charge in [-0.15, -0.1) is 0 Å². The third-order valence-corrected chi connectivity index (χ3v) is 3.90. The second-order valence-corrected chi connectivity index (χ2v) is 6.56. The van der Waals surface area contributed by atoms with Crippen molar-refractivity contribution in [3.05, 3.63) is 34.9 Å². The van der Waals surface area contributed by atoms with Crippen LogP contribution in [0.2, 0.25) is 5.02 Å². The minimum absolute atomic E-state index is 0.175. The van der Waals surface area contributed by atoms with E-state index >= 15 is 0 Å². The average Bonchev–Trinajstić information content (AvgIpc) is 2.34. The van der Waals surface area contributed by atoms with Gasteiger partial charge >= 0.3 is 0 Å². The zero-order valence-electron chi connectivity index (χ0n) is 12.7. The number of unbranched alkanes of at least 4 members (excludes halogenated alkanes) is 1. The molecule has 0 aliphatic heterocycles. The van der Waals surface area contributed by atoms with Gasteiger partial charge in [0.05, 0.1) is 5.84 Å². The standard InChI is InChI=1S/C16H26ClN3/c1-16(2,15(18)19)9-4-5-10-20(3)12-13-7-6-8-14(17)11-13/h6-8,11H,4-5,9-10,12H2,1-3H3,(H3,18,19). The van der Waals surface area contributed by atoms with Crippen molar-refractivity contribution in [2.75, 3.05) is 13.6 Å². The minimum atomic E-state index is -0.175. The number of halogens is 1. The summed E-state index contributed by atoms with van der Waals surface area (Å²) in [7, 11) is 2.12. The summed E-state index contributed by atoms with van der Waals surface area (Å²) < 4.78 is 0. The second-order valence-electron chi connectivity index (χ2n) is 6.12. The number of nitrogens with two attached hydrogens (primary N) is 1. The third kappa shape index (κ3) is 5.93. The molecule has 20 heavy (non-hydrogen) atoms. The molecule has 0 saturated carbocycles. The Labute approximate surface area is 127 Å². The Morgan fingerprint density at radius 2 is 2.05 bits per heavy atom. The maximum Gasteiger partial charge on any atom is 0.0963 e. The lowest BCUT2D eigenvalue weighted by molar-refractivity contribution is 0.309. The van der Waals surface area contributed by atoms with Crippen LogP contribution in [-0.4, -0.2) is 24.3 Å². The monoisotopic (exact) mass is 295 g/mol. The highest BCUT2D eigenvalue weighted by atomic mass is 35.5. The summed E-state index contributed by atoms with van der Waals surface area (Å²) in [5.41, 5.74) is 6.65. The Kier molecular flexibility index (Phi) is 6.50. The van der Waals surface area contributed by atoms with Gasteiger partial charge in [-0.3, -0.25) is 5.41 Å². The van der Waals surface area contributed by atoms with E-state index in [1.807, 2.05) is 32.0 Å². The number of nitrogens with one attached hydrogen (secondary N) is 1. The molecule has 112 valence electrons. The van der Waals surface area contributed by atoms with Crippen molar-refractivity contribution in [1.29, 1.82) is 5.41 Å². The predicted molar refractivity (Wildman–Crippen MR) is 87.3 cm³/mol. The molecule has 1 rings (SSSR count). The van der Waals surface area contributed by atoms with E-state index in [9.17, 15) is 0 Å². The summed E-state index contributed by atoms with van der Waals surface area (Å²) in [6.45, 7) is 6.02. The van der Waals surface area contributed by atoms with E-state index in [1.54, 1.807) is 0 Å². The number of hydrogen-bond acceptors (Lipinski definition) is 2. The first kappa shape index (κ1) is 17.0. The maximum atomic E-state index is 7.54. The van der Waals surface area contributed by atoms with Crippen molar-refractivity contribution >= 4 is 17.4 Å². The van der Waals surface area contributed by atoms with E-state index < -0.39 is 0 Å². The second kappa shape index (κ2) is 7.65. The van der Waals surface area contributed by atoms with Gasteiger partial charge in [0.1, 0.15) is 0 Å². The molecule has 1 aromatic carbocycles. The van der Waals surface area contributed by atoms with Crippen LogP contribution in [0.4, 0.5) is 0 Å². The van der Waals surface area contributed by atoms with Crippen LogP contribution in [0.1, 0.15) is 38.7 Å². The van der Waals surface area contributed by atoms with Gasteiger partial charge in [0.2, 0.25) is 0 Å². The summed E-state index contributed by atoms with van der Waals surface area (Å²) in [6.07, 6.45) is 3.17. The Morgan fingerprint density at radius 3 is 2.65 bits per heavy atom.